The highest BCUT2D eigenvalue weighted by Crippen LogP contribution is 2.41. The highest BCUT2D eigenvalue weighted by molar-refractivity contribution is 8.00. The van der Waals surface area contributed by atoms with Gasteiger partial charge in [-0.2, -0.15) is 0 Å². The highest BCUT2D eigenvalue weighted by atomic mass is 35.5. The van der Waals surface area contributed by atoms with Gasteiger partial charge in [-0.1, -0.05) is 41.9 Å². The summed E-state index contributed by atoms with van der Waals surface area (Å²) in [7, 11) is 0. The summed E-state index contributed by atoms with van der Waals surface area (Å²) in [5, 5.41) is 11.4. The summed E-state index contributed by atoms with van der Waals surface area (Å²) in [5.41, 5.74) is 6.32. The summed E-state index contributed by atoms with van der Waals surface area (Å²) in [6, 6.07) is 7.07. The van der Waals surface area contributed by atoms with Gasteiger partial charge in [-0.05, 0) is 5.56 Å². The molecule has 2 aliphatic heterocycles. The van der Waals surface area contributed by atoms with Crippen LogP contribution in [-0.4, -0.2) is 45.0 Å². The SMILES string of the molecule is NC(C(=O)NC1C(=O)N2C(C(=O)O)=C(Cl)CS[C@@H]12)c1ccccc1. The van der Waals surface area contributed by atoms with E-state index in [9.17, 15) is 19.5 Å². The molecular weight excluding hydrogens is 354 g/mol. The van der Waals surface area contributed by atoms with E-state index < -0.39 is 35.2 Å². The Morgan fingerprint density at radius 1 is 1.38 bits per heavy atom. The third kappa shape index (κ3) is 2.77. The number of hydrogen-bond acceptors (Lipinski definition) is 5. The van der Waals surface area contributed by atoms with E-state index in [1.807, 2.05) is 6.07 Å². The first-order chi connectivity index (χ1) is 11.4. The number of nitrogens with zero attached hydrogens (tertiary/aromatic N) is 1. The van der Waals surface area contributed by atoms with Crippen molar-refractivity contribution >= 4 is 41.1 Å². The predicted octanol–water partition coefficient (Wildman–Crippen LogP) is 0.621. The van der Waals surface area contributed by atoms with E-state index in [-0.39, 0.29) is 16.5 Å². The molecule has 0 aromatic heterocycles. The number of carbonyl (C=O) groups is 3. The Labute approximate surface area is 146 Å². The van der Waals surface area contributed by atoms with Crippen molar-refractivity contribution in [1.29, 1.82) is 0 Å². The largest absolute Gasteiger partial charge is 0.477 e. The Kier molecular flexibility index (Phi) is 4.53. The maximum absolute atomic E-state index is 12.3. The van der Waals surface area contributed by atoms with Crippen LogP contribution >= 0.6 is 23.4 Å². The quantitative estimate of drug-likeness (QED) is 0.672. The van der Waals surface area contributed by atoms with Crippen LogP contribution in [0.4, 0.5) is 0 Å². The first-order valence-corrected chi connectivity index (χ1v) is 8.52. The lowest BCUT2D eigenvalue weighted by molar-refractivity contribution is -0.150. The molecule has 1 aromatic carbocycles. The van der Waals surface area contributed by atoms with Gasteiger partial charge in [0.25, 0.3) is 5.91 Å². The molecule has 0 saturated carbocycles. The molecule has 1 saturated heterocycles. The lowest BCUT2D eigenvalue weighted by Crippen LogP contribution is -2.70. The van der Waals surface area contributed by atoms with Crippen molar-refractivity contribution in [2.75, 3.05) is 5.75 Å². The van der Waals surface area contributed by atoms with Gasteiger partial charge in [-0.25, -0.2) is 4.79 Å². The standard InChI is InChI=1S/C15H14ClN3O4S/c16-8-6-24-14-10(13(21)19(14)11(8)15(22)23)18-12(20)9(17)7-4-2-1-3-5-7/h1-5,9-10,14H,6,17H2,(H,18,20)(H,22,23)/t9?,10?,14-/m0/s1. The zero-order valence-corrected chi connectivity index (χ0v) is 13.9. The molecule has 2 aliphatic rings. The van der Waals surface area contributed by atoms with Crippen molar-refractivity contribution in [3.8, 4) is 0 Å². The summed E-state index contributed by atoms with van der Waals surface area (Å²) in [6.45, 7) is 0. The third-order valence-electron chi connectivity index (χ3n) is 3.86. The molecule has 4 N–H and O–H groups in total. The van der Waals surface area contributed by atoms with Crippen LogP contribution in [0.15, 0.2) is 41.1 Å². The smallest absolute Gasteiger partial charge is 0.353 e. The van der Waals surface area contributed by atoms with Crippen molar-refractivity contribution in [3.05, 3.63) is 46.6 Å². The van der Waals surface area contributed by atoms with E-state index >= 15 is 0 Å². The molecule has 0 bridgehead atoms. The second kappa shape index (κ2) is 6.46. The van der Waals surface area contributed by atoms with E-state index in [0.717, 1.165) is 4.90 Å². The summed E-state index contributed by atoms with van der Waals surface area (Å²) in [5.74, 6) is -1.98. The van der Waals surface area contributed by atoms with Gasteiger partial charge in [0.05, 0.1) is 5.03 Å². The van der Waals surface area contributed by atoms with Gasteiger partial charge < -0.3 is 16.2 Å². The van der Waals surface area contributed by atoms with Crippen molar-refractivity contribution in [1.82, 2.24) is 10.2 Å². The van der Waals surface area contributed by atoms with Gasteiger partial charge in [0.2, 0.25) is 5.91 Å². The van der Waals surface area contributed by atoms with Crippen molar-refractivity contribution in [2.24, 2.45) is 5.73 Å². The van der Waals surface area contributed by atoms with Crippen LogP contribution in [0.25, 0.3) is 0 Å². The summed E-state index contributed by atoms with van der Waals surface area (Å²) in [6.07, 6.45) is 0. The van der Waals surface area contributed by atoms with Gasteiger partial charge in [-0.15, -0.1) is 11.8 Å². The fraction of sp³-hybridized carbons (Fsp3) is 0.267. The third-order valence-corrected chi connectivity index (χ3v) is 5.61. The van der Waals surface area contributed by atoms with Crippen molar-refractivity contribution in [3.63, 3.8) is 0 Å². The molecule has 2 heterocycles. The fourth-order valence-electron chi connectivity index (χ4n) is 2.64. The van der Waals surface area contributed by atoms with Crippen LogP contribution in [0, 0.1) is 0 Å². The topological polar surface area (TPSA) is 113 Å². The molecule has 126 valence electrons. The summed E-state index contributed by atoms with van der Waals surface area (Å²) in [4.78, 5) is 36.9. The number of aliphatic carboxylic acids is 1. The maximum Gasteiger partial charge on any atom is 0.353 e. The first-order valence-electron chi connectivity index (χ1n) is 7.09. The maximum atomic E-state index is 12.3. The Morgan fingerprint density at radius 2 is 2.04 bits per heavy atom. The lowest BCUT2D eigenvalue weighted by atomic mass is 10.0. The Bertz CT molecular complexity index is 739. The number of nitrogens with one attached hydrogen (secondary N) is 1. The van der Waals surface area contributed by atoms with Crippen LogP contribution < -0.4 is 11.1 Å². The van der Waals surface area contributed by atoms with Gasteiger partial charge in [0.15, 0.2) is 0 Å². The number of halogens is 1. The van der Waals surface area contributed by atoms with Gasteiger partial charge in [0, 0.05) is 5.75 Å². The Hall–Kier alpha value is -2.03. The number of carbonyl (C=O) groups excluding carboxylic acids is 2. The van der Waals surface area contributed by atoms with Gasteiger partial charge in [0.1, 0.15) is 23.2 Å². The first kappa shape index (κ1) is 16.8. The number of carboxylic acid groups (broad SMARTS) is 1. The van der Waals surface area contributed by atoms with Crippen LogP contribution in [0.1, 0.15) is 11.6 Å². The molecule has 9 heteroatoms. The molecule has 0 radical (unpaired) electrons. The normalized spacial score (nSPS) is 24.1. The van der Waals surface area contributed by atoms with Crippen LogP contribution in [0.2, 0.25) is 0 Å². The molecule has 0 aliphatic carbocycles. The molecule has 0 spiro atoms. The van der Waals surface area contributed by atoms with E-state index in [1.54, 1.807) is 24.3 Å². The number of thioether (sulfide) groups is 1. The lowest BCUT2D eigenvalue weighted by Gasteiger charge is -2.48. The molecule has 1 aromatic rings. The molecule has 2 amide bonds. The van der Waals surface area contributed by atoms with E-state index in [2.05, 4.69) is 5.32 Å². The zero-order valence-electron chi connectivity index (χ0n) is 12.3. The van der Waals surface area contributed by atoms with E-state index in [4.69, 9.17) is 17.3 Å². The number of hydrogen-bond donors (Lipinski definition) is 3. The van der Waals surface area contributed by atoms with Crippen LogP contribution in [0.5, 0.6) is 0 Å². The summed E-state index contributed by atoms with van der Waals surface area (Å²) >= 11 is 7.20. The second-order valence-corrected chi connectivity index (χ2v) is 6.90. The van der Waals surface area contributed by atoms with Crippen LogP contribution in [-0.2, 0) is 14.4 Å². The molecule has 3 rings (SSSR count). The zero-order chi connectivity index (χ0) is 17.4. The molecule has 3 atom stereocenters. The monoisotopic (exact) mass is 367 g/mol. The van der Waals surface area contributed by atoms with Crippen molar-refractivity contribution in [2.45, 2.75) is 17.5 Å². The van der Waals surface area contributed by atoms with E-state index in [1.165, 1.54) is 11.8 Å². The molecule has 1 fully saturated rings. The minimum atomic E-state index is -1.26. The minimum absolute atomic E-state index is 0.114. The number of fused-ring (bicyclic) bond motifs is 1. The van der Waals surface area contributed by atoms with Gasteiger partial charge >= 0.3 is 5.97 Å². The fourth-order valence-corrected chi connectivity index (χ4v) is 4.19. The molecule has 2 unspecified atom stereocenters. The Morgan fingerprint density at radius 3 is 2.67 bits per heavy atom. The number of β-lactam (4-membered cyclic amide) rings is 1. The number of carboxylic acids is 1. The Balaban J connectivity index is 1.71. The summed E-state index contributed by atoms with van der Waals surface area (Å²) < 4.78 is 0. The average molecular weight is 368 g/mol. The number of amides is 2. The highest BCUT2D eigenvalue weighted by Gasteiger charge is 2.54. The number of nitrogens with two attached hydrogens (primary N) is 1. The molecule has 24 heavy (non-hydrogen) atoms. The number of benzene rings is 1. The second-order valence-electron chi connectivity index (χ2n) is 5.34. The average Bonchev–Trinajstić information content (AvgIpc) is 2.59. The number of rotatable bonds is 4. The van der Waals surface area contributed by atoms with E-state index in [0.29, 0.717) is 5.56 Å². The van der Waals surface area contributed by atoms with Crippen molar-refractivity contribution < 1.29 is 19.5 Å². The predicted molar refractivity (Wildman–Crippen MR) is 88.9 cm³/mol. The van der Waals surface area contributed by atoms with Crippen LogP contribution in [0.3, 0.4) is 0 Å². The molecule has 7 nitrogen and oxygen atoms in total. The minimum Gasteiger partial charge on any atom is -0.477 e. The van der Waals surface area contributed by atoms with Gasteiger partial charge in [-0.3, -0.25) is 14.5 Å². The molecular formula is C15H14ClN3O4S.